The van der Waals surface area contributed by atoms with Crippen LogP contribution in [0.1, 0.15) is 94.5 Å². The molecule has 2 aliphatic rings. The van der Waals surface area contributed by atoms with Crippen molar-refractivity contribution in [1.82, 2.24) is 14.9 Å². The predicted molar refractivity (Wildman–Crippen MR) is 125 cm³/mol. The number of benzene rings is 1. The smallest absolute Gasteiger partial charge is 0.278 e. The molecule has 0 saturated heterocycles. The lowest BCUT2D eigenvalue weighted by Gasteiger charge is -2.29. The third-order valence-corrected chi connectivity index (χ3v) is 6.82. The van der Waals surface area contributed by atoms with Crippen molar-refractivity contribution in [1.29, 1.82) is 0 Å². The van der Waals surface area contributed by atoms with Gasteiger partial charge in [0, 0.05) is 24.8 Å². The molecule has 0 fully saturated rings. The molecule has 2 aromatic heterocycles. The summed E-state index contributed by atoms with van der Waals surface area (Å²) < 4.78 is 6.93. The summed E-state index contributed by atoms with van der Waals surface area (Å²) in [5.74, 6) is 0.450. The molecule has 0 unspecified atom stereocenters. The van der Waals surface area contributed by atoms with Crippen molar-refractivity contribution in [2.24, 2.45) is 10.8 Å². The third-order valence-electron chi connectivity index (χ3n) is 6.82. The summed E-state index contributed by atoms with van der Waals surface area (Å²) >= 11 is 0. The number of nitrogens with zero attached hydrogens (tertiary/aromatic N) is 3. The molecule has 0 spiro atoms. The summed E-state index contributed by atoms with van der Waals surface area (Å²) in [6, 6.07) is 8.98. The van der Waals surface area contributed by atoms with Crippen LogP contribution in [0, 0.1) is 10.8 Å². The molecule has 3 aromatic rings. The van der Waals surface area contributed by atoms with Gasteiger partial charge >= 0.3 is 0 Å². The van der Waals surface area contributed by atoms with Crippen molar-refractivity contribution in [2.75, 3.05) is 0 Å². The average Bonchev–Trinajstić information content (AvgIpc) is 3.32. The topological polar surface area (TPSA) is 95.1 Å². The van der Waals surface area contributed by atoms with Gasteiger partial charge in [0.25, 0.3) is 5.91 Å². The molecule has 0 amide bonds. The van der Waals surface area contributed by atoms with Crippen molar-refractivity contribution in [3.05, 3.63) is 69.9 Å². The fraction of sp³-hybridized carbons (Fsp3) is 0.444. The van der Waals surface area contributed by atoms with Gasteiger partial charge in [-0.3, -0.25) is 14.4 Å². The van der Waals surface area contributed by atoms with E-state index in [9.17, 15) is 14.4 Å². The monoisotopic (exact) mass is 459 g/mol. The first kappa shape index (κ1) is 22.4. The van der Waals surface area contributed by atoms with Gasteiger partial charge in [-0.2, -0.15) is 9.78 Å². The Morgan fingerprint density at radius 1 is 0.882 bits per heavy atom. The van der Waals surface area contributed by atoms with Crippen molar-refractivity contribution in [3.63, 3.8) is 0 Å². The van der Waals surface area contributed by atoms with Crippen LogP contribution >= 0.6 is 0 Å². The van der Waals surface area contributed by atoms with E-state index in [0.717, 1.165) is 0 Å². The molecule has 0 N–H and O–H groups in total. The SMILES string of the molecule is CC1(C)CC(=O)c2c(CCc3nn(C(=O)c4ccccc4)c4c3C(=O)CC(C)(C)C4)noc2C1. The lowest BCUT2D eigenvalue weighted by Crippen LogP contribution is -2.30. The highest BCUT2D eigenvalue weighted by Crippen LogP contribution is 2.38. The van der Waals surface area contributed by atoms with Crippen LogP contribution in [0.15, 0.2) is 34.9 Å². The minimum Gasteiger partial charge on any atom is -0.360 e. The lowest BCUT2D eigenvalue weighted by atomic mass is 9.75. The standard InChI is InChI=1S/C27H29N3O4/c1-26(2)12-19-23(20(31)13-26)17(28-30(19)25(33)16-8-6-5-7-9-16)10-11-18-24-21(32)14-27(3,4)15-22(24)34-29-18/h5-9H,10-15H2,1-4H3. The van der Waals surface area contributed by atoms with E-state index in [1.807, 2.05) is 45.9 Å². The van der Waals surface area contributed by atoms with E-state index < -0.39 is 0 Å². The molecule has 176 valence electrons. The number of aromatic nitrogens is 3. The predicted octanol–water partition coefficient (Wildman–Crippen LogP) is 4.66. The second-order valence-corrected chi connectivity index (χ2v) is 11.2. The van der Waals surface area contributed by atoms with Crippen LogP contribution in [-0.4, -0.2) is 32.4 Å². The molecule has 0 saturated carbocycles. The van der Waals surface area contributed by atoms with Crippen LogP contribution in [0.2, 0.25) is 0 Å². The lowest BCUT2D eigenvalue weighted by molar-refractivity contribution is 0.0888. The maximum absolute atomic E-state index is 13.3. The van der Waals surface area contributed by atoms with E-state index in [1.165, 1.54) is 4.68 Å². The Labute approximate surface area is 198 Å². The van der Waals surface area contributed by atoms with Gasteiger partial charge in [-0.25, -0.2) is 0 Å². The number of ketones is 2. The minimum atomic E-state index is -0.249. The Morgan fingerprint density at radius 3 is 2.21 bits per heavy atom. The summed E-state index contributed by atoms with van der Waals surface area (Å²) in [7, 11) is 0. The average molecular weight is 460 g/mol. The highest BCUT2D eigenvalue weighted by atomic mass is 16.5. The Hall–Kier alpha value is -3.35. The van der Waals surface area contributed by atoms with E-state index in [4.69, 9.17) is 4.52 Å². The van der Waals surface area contributed by atoms with Gasteiger partial charge in [0.05, 0.1) is 28.2 Å². The number of hydrogen-bond donors (Lipinski definition) is 0. The second kappa shape index (κ2) is 7.86. The molecule has 2 heterocycles. The van der Waals surface area contributed by atoms with Gasteiger partial charge in [-0.15, -0.1) is 0 Å². The first-order valence-corrected chi connectivity index (χ1v) is 11.8. The van der Waals surface area contributed by atoms with Crippen molar-refractivity contribution in [2.45, 2.75) is 66.2 Å². The number of carbonyl (C=O) groups excluding carboxylic acids is 3. The second-order valence-electron chi connectivity index (χ2n) is 11.2. The largest absolute Gasteiger partial charge is 0.360 e. The van der Waals surface area contributed by atoms with Gasteiger partial charge in [-0.1, -0.05) is 51.1 Å². The van der Waals surface area contributed by atoms with Crippen LogP contribution in [0.25, 0.3) is 0 Å². The Balaban J connectivity index is 1.50. The summed E-state index contributed by atoms with van der Waals surface area (Å²) in [5, 5.41) is 8.83. The maximum Gasteiger partial charge on any atom is 0.278 e. The number of aryl methyl sites for hydroxylation is 2. The zero-order valence-electron chi connectivity index (χ0n) is 20.1. The Bertz CT molecular complexity index is 1310. The zero-order valence-corrected chi connectivity index (χ0v) is 20.1. The van der Waals surface area contributed by atoms with E-state index in [-0.39, 0.29) is 28.3 Å². The zero-order chi connectivity index (χ0) is 24.3. The molecule has 0 atom stereocenters. The summed E-state index contributed by atoms with van der Waals surface area (Å²) in [6.45, 7) is 8.16. The molecular formula is C27H29N3O4. The molecule has 0 radical (unpaired) electrons. The van der Waals surface area contributed by atoms with Gasteiger partial charge < -0.3 is 4.52 Å². The number of hydrogen-bond acceptors (Lipinski definition) is 6. The van der Waals surface area contributed by atoms with Crippen molar-refractivity contribution < 1.29 is 18.9 Å². The quantitative estimate of drug-likeness (QED) is 0.563. The first-order chi connectivity index (χ1) is 16.0. The van der Waals surface area contributed by atoms with Gasteiger partial charge in [0.1, 0.15) is 5.76 Å². The van der Waals surface area contributed by atoms with Crippen molar-refractivity contribution in [3.8, 4) is 0 Å². The summed E-state index contributed by atoms with van der Waals surface area (Å²) in [6.07, 6.45) is 2.95. The van der Waals surface area contributed by atoms with Crippen LogP contribution in [0.3, 0.4) is 0 Å². The van der Waals surface area contributed by atoms with Gasteiger partial charge in [-0.05, 0) is 42.2 Å². The fourth-order valence-corrected chi connectivity index (χ4v) is 5.30. The first-order valence-electron chi connectivity index (χ1n) is 11.8. The summed E-state index contributed by atoms with van der Waals surface area (Å²) in [5.41, 5.74) is 3.13. The fourth-order valence-electron chi connectivity index (χ4n) is 5.30. The Morgan fingerprint density at radius 2 is 1.50 bits per heavy atom. The molecule has 7 nitrogen and oxygen atoms in total. The van der Waals surface area contributed by atoms with Crippen LogP contribution in [-0.2, 0) is 25.7 Å². The van der Waals surface area contributed by atoms with Crippen LogP contribution in [0.5, 0.6) is 0 Å². The molecule has 34 heavy (non-hydrogen) atoms. The van der Waals surface area contributed by atoms with E-state index in [2.05, 4.69) is 10.3 Å². The molecule has 1 aromatic carbocycles. The number of rotatable bonds is 4. The third kappa shape index (κ3) is 3.93. The molecule has 0 aliphatic heterocycles. The maximum atomic E-state index is 13.3. The molecule has 7 heteroatoms. The Kier molecular flexibility index (Phi) is 5.19. The van der Waals surface area contributed by atoms with Crippen LogP contribution < -0.4 is 0 Å². The van der Waals surface area contributed by atoms with Gasteiger partial charge in [0.15, 0.2) is 11.6 Å². The van der Waals surface area contributed by atoms with Crippen molar-refractivity contribution >= 4 is 17.5 Å². The van der Waals surface area contributed by atoms with E-state index in [0.29, 0.717) is 78.1 Å². The highest BCUT2D eigenvalue weighted by molar-refractivity contribution is 6.03. The number of fused-ring (bicyclic) bond motifs is 2. The summed E-state index contributed by atoms with van der Waals surface area (Å²) in [4.78, 5) is 39.2. The van der Waals surface area contributed by atoms with Gasteiger partial charge in [0.2, 0.25) is 0 Å². The molecule has 0 bridgehead atoms. The number of Topliss-reactive ketones (excluding diaryl/α,β-unsaturated/α-hetero) is 2. The highest BCUT2D eigenvalue weighted by Gasteiger charge is 2.39. The molecule has 2 aliphatic carbocycles. The molecule has 5 rings (SSSR count). The van der Waals surface area contributed by atoms with Crippen LogP contribution in [0.4, 0.5) is 0 Å². The normalized spacial score (nSPS) is 18.5. The molecular weight excluding hydrogens is 430 g/mol. The number of carbonyl (C=O) groups is 3. The minimum absolute atomic E-state index is 0.00775. The van der Waals surface area contributed by atoms with E-state index in [1.54, 1.807) is 12.1 Å². The van der Waals surface area contributed by atoms with E-state index >= 15 is 0 Å².